The molecule has 0 saturated heterocycles. The molecule has 0 bridgehead atoms. The van der Waals surface area contributed by atoms with Gasteiger partial charge in [0.25, 0.3) is 30.4 Å². The summed E-state index contributed by atoms with van der Waals surface area (Å²) in [5, 5.41) is -1.02. The van der Waals surface area contributed by atoms with Crippen molar-refractivity contribution in [3.8, 4) is 0 Å². The number of rotatable bonds is 3. The van der Waals surface area contributed by atoms with Gasteiger partial charge in [0.05, 0.1) is 5.69 Å². The van der Waals surface area contributed by atoms with Crippen LogP contribution in [0.2, 0.25) is 0 Å². The van der Waals surface area contributed by atoms with Gasteiger partial charge in [-0.05, 0) is 24.3 Å². The highest BCUT2D eigenvalue weighted by Crippen LogP contribution is 2.34. The van der Waals surface area contributed by atoms with Crippen LogP contribution in [0.5, 0.6) is 0 Å². The predicted molar refractivity (Wildman–Crippen MR) is 77.8 cm³/mol. The van der Waals surface area contributed by atoms with Gasteiger partial charge in [-0.3, -0.25) is 13.7 Å². The Morgan fingerprint density at radius 2 is 1.00 bits per heavy atom. The van der Waals surface area contributed by atoms with E-state index in [0.29, 0.717) is 18.2 Å². The third kappa shape index (κ3) is 3.29. The molecule has 0 spiro atoms. The molecular formula is C10H9NO9S3. The Balaban J connectivity index is 3.16. The SMILES string of the molecule is Nc1cc2c(S(=O)(=O)O)ccc(S(=O)(=O)O)c2cc1S(=O)(=O)O. The summed E-state index contributed by atoms with van der Waals surface area (Å²) in [6.07, 6.45) is 0. The lowest BCUT2D eigenvalue weighted by atomic mass is 10.1. The Labute approximate surface area is 130 Å². The van der Waals surface area contributed by atoms with Gasteiger partial charge in [0.2, 0.25) is 0 Å². The van der Waals surface area contributed by atoms with Crippen LogP contribution in [-0.2, 0) is 30.4 Å². The first kappa shape index (κ1) is 17.6. The summed E-state index contributed by atoms with van der Waals surface area (Å²) in [5.41, 5.74) is 4.83. The lowest BCUT2D eigenvalue weighted by Crippen LogP contribution is -2.07. The first-order valence-corrected chi connectivity index (χ1v) is 9.83. The van der Waals surface area contributed by atoms with E-state index in [2.05, 4.69) is 0 Å². The molecule has 0 heterocycles. The number of nitrogen functional groups attached to an aromatic ring is 1. The topological polar surface area (TPSA) is 189 Å². The zero-order valence-electron chi connectivity index (χ0n) is 10.9. The van der Waals surface area contributed by atoms with Crippen molar-refractivity contribution in [3.05, 3.63) is 24.3 Å². The second-order valence-corrected chi connectivity index (χ2v) is 8.59. The third-order valence-corrected chi connectivity index (χ3v) is 5.63. The minimum absolute atomic E-state index is 0.451. The molecule has 5 N–H and O–H groups in total. The molecule has 0 radical (unpaired) electrons. The van der Waals surface area contributed by atoms with Crippen LogP contribution in [0.4, 0.5) is 5.69 Å². The summed E-state index contributed by atoms with van der Waals surface area (Å²) in [7, 11) is -14.5. The van der Waals surface area contributed by atoms with Gasteiger partial charge in [-0.2, -0.15) is 25.3 Å². The standard InChI is InChI=1S/C10H9NO9S3/c11-7-3-5-6(4-10(7)23(18,19)20)9(22(15,16)17)2-1-8(5)21(12,13)14/h1-4H,11H2,(H,12,13,14)(H,15,16,17)(H,18,19,20). The van der Waals surface area contributed by atoms with E-state index in [0.717, 1.165) is 6.07 Å². The highest BCUT2D eigenvalue weighted by atomic mass is 32.2. The van der Waals surface area contributed by atoms with E-state index in [1.54, 1.807) is 0 Å². The van der Waals surface area contributed by atoms with Crippen molar-refractivity contribution in [2.45, 2.75) is 14.7 Å². The molecule has 0 aliphatic rings. The zero-order valence-corrected chi connectivity index (χ0v) is 13.4. The van der Waals surface area contributed by atoms with E-state index in [4.69, 9.17) is 19.4 Å². The average molecular weight is 383 g/mol. The lowest BCUT2D eigenvalue weighted by molar-refractivity contribution is 0.479. The van der Waals surface area contributed by atoms with E-state index in [9.17, 15) is 25.3 Å². The Bertz CT molecular complexity index is 1130. The monoisotopic (exact) mass is 383 g/mol. The molecule has 2 aromatic rings. The molecular weight excluding hydrogens is 374 g/mol. The number of fused-ring (bicyclic) bond motifs is 1. The highest BCUT2D eigenvalue weighted by Gasteiger charge is 2.24. The Kier molecular flexibility index (Phi) is 3.91. The van der Waals surface area contributed by atoms with Gasteiger partial charge in [0.15, 0.2) is 0 Å². The molecule has 10 nitrogen and oxygen atoms in total. The summed E-state index contributed by atoms with van der Waals surface area (Å²) >= 11 is 0. The number of hydrogen-bond acceptors (Lipinski definition) is 7. The van der Waals surface area contributed by atoms with Crippen molar-refractivity contribution in [2.75, 3.05) is 5.73 Å². The molecule has 0 amide bonds. The van der Waals surface area contributed by atoms with Crippen molar-refractivity contribution in [1.82, 2.24) is 0 Å². The van der Waals surface area contributed by atoms with Gasteiger partial charge >= 0.3 is 0 Å². The van der Waals surface area contributed by atoms with Gasteiger partial charge in [-0.15, -0.1) is 0 Å². The van der Waals surface area contributed by atoms with Gasteiger partial charge in [0, 0.05) is 10.8 Å². The minimum atomic E-state index is -4.86. The number of nitrogens with two attached hydrogens (primary N) is 1. The second kappa shape index (κ2) is 5.12. The fraction of sp³-hybridized carbons (Fsp3) is 0. The molecule has 126 valence electrons. The van der Waals surface area contributed by atoms with Crippen LogP contribution in [0.1, 0.15) is 0 Å². The van der Waals surface area contributed by atoms with Crippen molar-refractivity contribution in [3.63, 3.8) is 0 Å². The van der Waals surface area contributed by atoms with Crippen molar-refractivity contribution < 1.29 is 38.9 Å². The smallest absolute Gasteiger partial charge is 0.296 e. The molecule has 0 saturated carbocycles. The summed E-state index contributed by atoms with van der Waals surface area (Å²) in [4.78, 5) is -2.47. The molecule has 2 aromatic carbocycles. The predicted octanol–water partition coefficient (Wildman–Crippen LogP) is 0.162. The Hall–Kier alpha value is -1.77. The van der Waals surface area contributed by atoms with Crippen LogP contribution in [-0.4, -0.2) is 38.9 Å². The molecule has 23 heavy (non-hydrogen) atoms. The van der Waals surface area contributed by atoms with Crippen LogP contribution < -0.4 is 5.73 Å². The van der Waals surface area contributed by atoms with Crippen molar-refractivity contribution >= 4 is 46.8 Å². The van der Waals surface area contributed by atoms with Crippen LogP contribution in [0.25, 0.3) is 10.8 Å². The third-order valence-electron chi connectivity index (χ3n) is 2.90. The number of hydrogen-bond donors (Lipinski definition) is 4. The maximum absolute atomic E-state index is 11.4. The molecule has 13 heteroatoms. The summed E-state index contributed by atoms with van der Waals surface area (Å²) in [6.45, 7) is 0. The quantitative estimate of drug-likeness (QED) is 0.419. The fourth-order valence-corrected chi connectivity index (χ4v) is 4.01. The molecule has 0 atom stereocenters. The van der Waals surface area contributed by atoms with E-state index in [1.165, 1.54) is 0 Å². The highest BCUT2D eigenvalue weighted by molar-refractivity contribution is 7.87. The maximum atomic E-state index is 11.4. The summed E-state index contributed by atoms with van der Waals surface area (Å²) in [6, 6.07) is 2.69. The molecule has 0 aliphatic heterocycles. The number of benzene rings is 2. The van der Waals surface area contributed by atoms with E-state index in [-0.39, 0.29) is 0 Å². The normalized spacial score (nSPS) is 13.3. The van der Waals surface area contributed by atoms with Crippen LogP contribution >= 0.6 is 0 Å². The maximum Gasteiger partial charge on any atom is 0.296 e. The molecule has 0 aromatic heterocycles. The molecule has 0 fully saturated rings. The average Bonchev–Trinajstić information content (AvgIpc) is 2.32. The van der Waals surface area contributed by atoms with Gasteiger partial charge in [0.1, 0.15) is 14.7 Å². The van der Waals surface area contributed by atoms with Gasteiger partial charge < -0.3 is 5.73 Å². The van der Waals surface area contributed by atoms with Crippen molar-refractivity contribution in [2.24, 2.45) is 0 Å². The fourth-order valence-electron chi connectivity index (χ4n) is 2.01. The van der Waals surface area contributed by atoms with Crippen molar-refractivity contribution in [1.29, 1.82) is 0 Å². The van der Waals surface area contributed by atoms with Crippen LogP contribution in [0.3, 0.4) is 0 Å². The van der Waals surface area contributed by atoms with E-state index >= 15 is 0 Å². The molecule has 0 unspecified atom stereocenters. The minimum Gasteiger partial charge on any atom is -0.398 e. The van der Waals surface area contributed by atoms with Gasteiger partial charge in [-0.1, -0.05) is 0 Å². The molecule has 2 rings (SSSR count). The van der Waals surface area contributed by atoms with Gasteiger partial charge in [-0.25, -0.2) is 0 Å². The zero-order chi connectivity index (χ0) is 17.8. The largest absolute Gasteiger partial charge is 0.398 e. The second-order valence-electron chi connectivity index (χ2n) is 4.42. The number of anilines is 1. The summed E-state index contributed by atoms with van der Waals surface area (Å²) in [5.74, 6) is 0. The van der Waals surface area contributed by atoms with E-state index < -0.39 is 61.5 Å². The Morgan fingerprint density at radius 1 is 0.652 bits per heavy atom. The first-order chi connectivity index (χ1) is 10.2. The van der Waals surface area contributed by atoms with E-state index in [1.807, 2.05) is 0 Å². The lowest BCUT2D eigenvalue weighted by Gasteiger charge is -2.11. The van der Waals surface area contributed by atoms with Crippen LogP contribution in [0.15, 0.2) is 39.0 Å². The first-order valence-electron chi connectivity index (χ1n) is 5.51. The summed E-state index contributed by atoms with van der Waals surface area (Å²) < 4.78 is 95.2. The molecule has 0 aliphatic carbocycles. The Morgan fingerprint density at radius 3 is 1.35 bits per heavy atom. The van der Waals surface area contributed by atoms with Crippen LogP contribution in [0, 0.1) is 0 Å².